The van der Waals surface area contributed by atoms with Crippen LogP contribution in [0.2, 0.25) is 0 Å². The molecule has 2 saturated heterocycles. The molecule has 2 N–H and O–H groups in total. The van der Waals surface area contributed by atoms with Crippen molar-refractivity contribution < 1.29 is 57.9 Å². The number of aliphatic hydroxyl groups is 2. The zero-order chi connectivity index (χ0) is 41.5. The number of Topliss-reactive ketones (excluding diaryl/α,β-unsaturated/α-hetero) is 3. The van der Waals surface area contributed by atoms with Gasteiger partial charge in [0.05, 0.1) is 18.3 Å². The van der Waals surface area contributed by atoms with E-state index in [1.807, 2.05) is 32.9 Å². The van der Waals surface area contributed by atoms with Crippen molar-refractivity contribution in [2.24, 2.45) is 29.6 Å². The molecule has 4 aliphatic rings. The van der Waals surface area contributed by atoms with Gasteiger partial charge >= 0.3 is 5.97 Å². The van der Waals surface area contributed by atoms with Gasteiger partial charge in [0.15, 0.2) is 5.78 Å². The molecule has 3 fully saturated rings. The van der Waals surface area contributed by atoms with Crippen LogP contribution in [0.25, 0.3) is 0 Å². The number of piperidine rings is 1. The zero-order valence-corrected chi connectivity index (χ0v) is 35.0. The summed E-state index contributed by atoms with van der Waals surface area (Å²) in [6, 6.07) is -1.14. The fourth-order valence-corrected chi connectivity index (χ4v) is 9.23. The fourth-order valence-electron chi connectivity index (χ4n) is 9.23. The quantitative estimate of drug-likeness (QED) is 0.216. The molecule has 0 spiro atoms. The molecular formula is C43H67NO12. The van der Waals surface area contributed by atoms with Crippen LogP contribution in [0.3, 0.4) is 0 Å². The maximum Gasteiger partial charge on any atom is 0.329 e. The van der Waals surface area contributed by atoms with Gasteiger partial charge in [0, 0.05) is 58.5 Å². The largest absolute Gasteiger partial charge is 0.456 e. The van der Waals surface area contributed by atoms with Crippen LogP contribution in [-0.2, 0) is 47.7 Å². The highest BCUT2D eigenvalue weighted by molar-refractivity contribution is 6.39. The Balaban J connectivity index is 1.77. The van der Waals surface area contributed by atoms with Crippen LogP contribution >= 0.6 is 0 Å². The molecule has 4 rings (SSSR count). The minimum atomic E-state index is -2.51. The average Bonchev–Trinajstić information content (AvgIpc) is 3.18. The van der Waals surface area contributed by atoms with Crippen molar-refractivity contribution in [1.29, 1.82) is 0 Å². The Morgan fingerprint density at radius 3 is 2.27 bits per heavy atom. The number of nitrogens with zero attached hydrogens (tertiary/aromatic N) is 1. The third-order valence-corrected chi connectivity index (χ3v) is 12.7. The maximum absolute atomic E-state index is 14.3. The van der Waals surface area contributed by atoms with Crippen LogP contribution in [-0.4, -0.2) is 121 Å². The highest BCUT2D eigenvalue weighted by Gasteiger charge is 2.56. The lowest BCUT2D eigenvalue weighted by Crippen LogP contribution is -2.64. The van der Waals surface area contributed by atoms with E-state index in [1.165, 1.54) is 26.2 Å². The van der Waals surface area contributed by atoms with E-state index in [2.05, 4.69) is 0 Å². The number of esters is 1. The number of methoxy groups -OCH3 is 3. The van der Waals surface area contributed by atoms with Crippen LogP contribution in [0, 0.1) is 29.6 Å². The molecule has 3 aliphatic heterocycles. The average molecular weight is 790 g/mol. The second-order valence-electron chi connectivity index (χ2n) is 17.0. The van der Waals surface area contributed by atoms with Gasteiger partial charge in [-0.1, -0.05) is 45.4 Å². The molecule has 1 aliphatic carbocycles. The Kier molecular flexibility index (Phi) is 16.6. The number of carbonyl (C=O) groups excluding carboxylic acids is 5. The van der Waals surface area contributed by atoms with Crippen molar-refractivity contribution in [3.05, 3.63) is 23.3 Å². The van der Waals surface area contributed by atoms with Gasteiger partial charge < -0.3 is 38.8 Å². The number of rotatable bonds is 6. The second kappa shape index (κ2) is 20.2. The van der Waals surface area contributed by atoms with Gasteiger partial charge in [-0.15, -0.1) is 0 Å². The smallest absolute Gasteiger partial charge is 0.329 e. The summed E-state index contributed by atoms with van der Waals surface area (Å²) >= 11 is 0. The molecule has 1 amide bonds. The lowest BCUT2D eigenvalue weighted by Gasteiger charge is -2.47. The first kappa shape index (κ1) is 45.9. The molecule has 316 valence electrons. The molecule has 0 unspecified atom stereocenters. The maximum atomic E-state index is 14.3. The number of amides is 1. The zero-order valence-electron chi connectivity index (χ0n) is 35.0. The summed E-state index contributed by atoms with van der Waals surface area (Å²) in [5, 5.41) is 23.6. The van der Waals surface area contributed by atoms with Crippen LogP contribution in [0.1, 0.15) is 112 Å². The molecular weight excluding hydrogens is 722 g/mol. The number of hydrogen-bond acceptors (Lipinski definition) is 12. The van der Waals surface area contributed by atoms with Crippen molar-refractivity contribution in [2.45, 2.75) is 161 Å². The van der Waals surface area contributed by atoms with Gasteiger partial charge in [-0.25, -0.2) is 4.79 Å². The SMILES string of the molecule is CC[C@@H]1C=C(C)C[C@H](C)C[C@H](OC)[C@H]2O[C@@](O)(C(=O)C(=O)N3CCCC[C@H]3C(=O)O[C@H](/C(C)=C/[C@@H]3CCC(=O)[C@H](OC)C3)[C@H](C)[C@@H](O)CC1=O)[C@H](C)C[C@@H]2OC. The minimum absolute atomic E-state index is 0.0312. The lowest BCUT2D eigenvalue weighted by atomic mass is 9.82. The van der Waals surface area contributed by atoms with Crippen molar-refractivity contribution in [1.82, 2.24) is 4.90 Å². The first-order valence-corrected chi connectivity index (χ1v) is 20.6. The van der Waals surface area contributed by atoms with E-state index in [1.54, 1.807) is 20.8 Å². The first-order chi connectivity index (χ1) is 26.5. The summed E-state index contributed by atoms with van der Waals surface area (Å²) in [7, 11) is 4.56. The first-order valence-electron chi connectivity index (χ1n) is 20.6. The van der Waals surface area contributed by atoms with Crippen LogP contribution in [0.4, 0.5) is 0 Å². The van der Waals surface area contributed by atoms with Crippen LogP contribution in [0.5, 0.6) is 0 Å². The molecule has 0 aromatic carbocycles. The number of hydrogen-bond donors (Lipinski definition) is 2. The fraction of sp³-hybridized carbons (Fsp3) is 0.791. The van der Waals surface area contributed by atoms with Gasteiger partial charge in [0.2, 0.25) is 5.79 Å². The molecule has 2 bridgehead atoms. The van der Waals surface area contributed by atoms with E-state index in [9.17, 15) is 34.2 Å². The summed E-state index contributed by atoms with van der Waals surface area (Å²) in [6.07, 6.45) is 3.56. The van der Waals surface area contributed by atoms with Crippen LogP contribution in [0.15, 0.2) is 23.3 Å². The Hall–Kier alpha value is -2.81. The van der Waals surface area contributed by atoms with Crippen LogP contribution < -0.4 is 0 Å². The number of cyclic esters (lactones) is 1. The van der Waals surface area contributed by atoms with Crippen molar-refractivity contribution >= 4 is 29.2 Å². The minimum Gasteiger partial charge on any atom is -0.456 e. The number of ketones is 3. The van der Waals surface area contributed by atoms with E-state index in [-0.39, 0.29) is 49.2 Å². The normalized spacial score (nSPS) is 39.3. The van der Waals surface area contributed by atoms with E-state index in [0.717, 1.165) is 5.57 Å². The van der Waals surface area contributed by atoms with E-state index in [0.29, 0.717) is 56.9 Å². The summed E-state index contributed by atoms with van der Waals surface area (Å²) in [5.41, 5.74) is 1.62. The lowest BCUT2D eigenvalue weighted by molar-refractivity contribution is -0.302. The number of allylic oxidation sites excluding steroid dienone is 3. The topological polar surface area (TPSA) is 175 Å². The molecule has 0 radical (unpaired) electrons. The number of fused-ring (bicyclic) bond motifs is 3. The van der Waals surface area contributed by atoms with Crippen molar-refractivity contribution in [3.63, 3.8) is 0 Å². The predicted molar refractivity (Wildman–Crippen MR) is 207 cm³/mol. The van der Waals surface area contributed by atoms with Crippen molar-refractivity contribution in [2.75, 3.05) is 27.9 Å². The number of carbonyl (C=O) groups is 5. The Morgan fingerprint density at radius 2 is 1.62 bits per heavy atom. The molecule has 1 saturated carbocycles. The molecule has 3 heterocycles. The highest BCUT2D eigenvalue weighted by Crippen LogP contribution is 2.39. The molecule has 13 atom stereocenters. The van der Waals surface area contributed by atoms with Gasteiger partial charge in [0.1, 0.15) is 30.1 Å². The number of aliphatic hydroxyl groups excluding tert-OH is 1. The van der Waals surface area contributed by atoms with Gasteiger partial charge in [0.25, 0.3) is 11.7 Å². The Bertz CT molecular complexity index is 1480. The summed E-state index contributed by atoms with van der Waals surface area (Å²) in [4.78, 5) is 70.0. The summed E-state index contributed by atoms with van der Waals surface area (Å²) < 4.78 is 29.6. The Labute approximate surface area is 332 Å². The standard InChI is InChI=1S/C43H67NO12/c1-10-30-18-24(2)17-25(3)19-36(53-8)39-37(54-9)21-27(5)43(51,56-39)40(48)41(49)44-16-12-11-13-31(44)42(50)55-38(28(6)33(46)23-34(30)47)26(4)20-29-14-15-32(45)35(22-29)52-7/h18,20,25,27-31,33,35-39,46,51H,10-17,19,21-23H2,1-9H3/b24-18?,26-20+/t25-,27+,28+,29-,30+,31-,33-,35+,36-,37-,38+,39+,43+/m0/s1. The molecule has 13 heteroatoms. The third kappa shape index (κ3) is 10.6. The van der Waals surface area contributed by atoms with E-state index >= 15 is 0 Å². The summed E-state index contributed by atoms with van der Waals surface area (Å²) in [5.74, 6) is -7.60. The molecule has 56 heavy (non-hydrogen) atoms. The van der Waals surface area contributed by atoms with Gasteiger partial charge in [-0.3, -0.25) is 19.2 Å². The molecule has 0 aromatic rings. The van der Waals surface area contributed by atoms with Gasteiger partial charge in [-0.2, -0.15) is 0 Å². The van der Waals surface area contributed by atoms with Crippen molar-refractivity contribution in [3.8, 4) is 0 Å². The summed E-state index contributed by atoms with van der Waals surface area (Å²) in [6.45, 7) is 11.2. The Morgan fingerprint density at radius 1 is 0.946 bits per heavy atom. The van der Waals surface area contributed by atoms with E-state index < -0.39 is 83.9 Å². The monoisotopic (exact) mass is 789 g/mol. The highest BCUT2D eigenvalue weighted by atomic mass is 16.7. The second-order valence-corrected chi connectivity index (χ2v) is 17.0. The third-order valence-electron chi connectivity index (χ3n) is 12.7. The van der Waals surface area contributed by atoms with Gasteiger partial charge in [-0.05, 0) is 89.0 Å². The molecule has 0 aromatic heterocycles. The molecule has 13 nitrogen and oxygen atoms in total. The predicted octanol–water partition coefficient (Wildman–Crippen LogP) is 4.68. The number of ether oxygens (including phenoxy) is 5. The van der Waals surface area contributed by atoms with E-state index in [4.69, 9.17) is 23.7 Å².